The topological polar surface area (TPSA) is 193 Å². The van der Waals surface area contributed by atoms with Crippen molar-refractivity contribution in [3.8, 4) is 28.7 Å². The van der Waals surface area contributed by atoms with E-state index in [-0.39, 0.29) is 46.0 Å². The minimum absolute atomic E-state index is 0.0114. The SMILES string of the molecule is O=C(Oc1ccccc1)Oc1ccc(Nc2cc(NC(=O)c3ccc(OC(=O)Oc4ccccc4)cc3)nc(NC(=O)c3ccc(OC(=O)C4=CC=CCC4)cc3)n2)cc1. The summed E-state index contributed by atoms with van der Waals surface area (Å²) in [6.45, 7) is 0. The Kier molecular flexibility index (Phi) is 12.6. The average Bonchev–Trinajstić information content (AvgIpc) is 3.25. The van der Waals surface area contributed by atoms with E-state index in [1.807, 2.05) is 6.08 Å². The fourth-order valence-corrected chi connectivity index (χ4v) is 5.45. The van der Waals surface area contributed by atoms with Gasteiger partial charge in [-0.1, -0.05) is 54.6 Å². The van der Waals surface area contributed by atoms with Crippen molar-refractivity contribution in [1.29, 1.82) is 0 Å². The van der Waals surface area contributed by atoms with Gasteiger partial charge in [0.15, 0.2) is 0 Å². The Morgan fingerprint density at radius 3 is 1.48 bits per heavy atom. The van der Waals surface area contributed by atoms with Crippen LogP contribution >= 0.6 is 0 Å². The molecular weight excluding hydrogens is 771 g/mol. The molecule has 3 N–H and O–H groups in total. The Hall–Kier alpha value is -8.59. The summed E-state index contributed by atoms with van der Waals surface area (Å²) in [5.74, 6) is -0.388. The van der Waals surface area contributed by atoms with Gasteiger partial charge in [0.1, 0.15) is 40.4 Å². The standard InChI is InChI=1S/C45H33N5O10/c51-40(29-18-24-36(25-19-29)59-44(54)57-33-12-6-2-7-13-33)47-39-28-38(46-32-20-26-37(27-21-32)60-45(55)58-34-14-8-3-9-15-34)48-43(49-39)50-41(52)30-16-22-35(23-17-30)56-42(53)31-10-4-1-5-11-31/h1-4,6-10,12-28H,5,11H2,(H3,46,47,48,49,50,51,52). The van der Waals surface area contributed by atoms with Crippen molar-refractivity contribution >= 4 is 53.4 Å². The molecule has 0 aliphatic heterocycles. The van der Waals surface area contributed by atoms with Crippen molar-refractivity contribution in [1.82, 2.24) is 9.97 Å². The van der Waals surface area contributed by atoms with E-state index in [4.69, 9.17) is 23.7 Å². The molecule has 15 heteroatoms. The van der Waals surface area contributed by atoms with Gasteiger partial charge in [0.05, 0.1) is 0 Å². The second kappa shape index (κ2) is 19.0. The van der Waals surface area contributed by atoms with Gasteiger partial charge in [0.25, 0.3) is 11.8 Å². The molecule has 1 heterocycles. The van der Waals surface area contributed by atoms with Crippen molar-refractivity contribution in [3.63, 3.8) is 0 Å². The molecule has 0 spiro atoms. The predicted octanol–water partition coefficient (Wildman–Crippen LogP) is 9.06. The van der Waals surface area contributed by atoms with Gasteiger partial charge in [-0.05, 0) is 110 Å². The number of nitrogens with zero attached hydrogens (tertiary/aromatic N) is 2. The first-order chi connectivity index (χ1) is 29.2. The zero-order valence-electron chi connectivity index (χ0n) is 31.4. The summed E-state index contributed by atoms with van der Waals surface area (Å²) >= 11 is 0. The van der Waals surface area contributed by atoms with E-state index in [0.717, 1.165) is 6.42 Å². The van der Waals surface area contributed by atoms with Crippen LogP contribution in [-0.4, -0.2) is 40.1 Å². The zero-order chi connectivity index (χ0) is 41.7. The molecule has 0 radical (unpaired) electrons. The van der Waals surface area contributed by atoms with E-state index in [1.54, 1.807) is 84.9 Å². The summed E-state index contributed by atoms with van der Waals surface area (Å²) in [4.78, 5) is 72.5. The number of allylic oxidation sites excluding steroid dienone is 3. The van der Waals surface area contributed by atoms with Crippen LogP contribution in [0.25, 0.3) is 0 Å². The fourth-order valence-electron chi connectivity index (χ4n) is 5.45. The molecular formula is C45H33N5O10. The maximum absolute atomic E-state index is 13.4. The fraction of sp³-hybridized carbons (Fsp3) is 0.0444. The third-order valence-corrected chi connectivity index (χ3v) is 8.33. The summed E-state index contributed by atoms with van der Waals surface area (Å²) in [6, 6.07) is 36.2. The van der Waals surface area contributed by atoms with Gasteiger partial charge < -0.3 is 34.3 Å². The Morgan fingerprint density at radius 2 is 0.967 bits per heavy atom. The molecule has 1 aromatic heterocycles. The number of aromatic nitrogens is 2. The van der Waals surface area contributed by atoms with Gasteiger partial charge in [-0.15, -0.1) is 0 Å². The maximum Gasteiger partial charge on any atom is 0.519 e. The highest BCUT2D eigenvalue weighted by atomic mass is 16.7. The van der Waals surface area contributed by atoms with Crippen LogP contribution in [0.5, 0.6) is 28.7 Å². The monoisotopic (exact) mass is 803 g/mol. The quantitative estimate of drug-likeness (QED) is 0.0603. The lowest BCUT2D eigenvalue weighted by Crippen LogP contribution is -2.18. The number of nitrogens with one attached hydrogen (secondary N) is 3. The van der Waals surface area contributed by atoms with Crippen molar-refractivity contribution in [2.75, 3.05) is 16.0 Å². The molecule has 0 saturated carbocycles. The van der Waals surface area contributed by atoms with Crippen LogP contribution in [-0.2, 0) is 4.79 Å². The Balaban J connectivity index is 1.04. The number of esters is 1. The molecule has 60 heavy (non-hydrogen) atoms. The minimum Gasteiger partial charge on any atom is -0.423 e. The van der Waals surface area contributed by atoms with Crippen LogP contribution in [0, 0.1) is 0 Å². The number of para-hydroxylation sites is 2. The summed E-state index contributed by atoms with van der Waals surface area (Å²) in [5.41, 5.74) is 1.45. The highest BCUT2D eigenvalue weighted by Crippen LogP contribution is 2.25. The summed E-state index contributed by atoms with van der Waals surface area (Å²) in [7, 11) is 0. The van der Waals surface area contributed by atoms with Gasteiger partial charge in [0.2, 0.25) is 5.95 Å². The average molecular weight is 804 g/mol. The molecule has 5 aromatic carbocycles. The van der Waals surface area contributed by atoms with Crippen molar-refractivity contribution in [2.24, 2.45) is 0 Å². The van der Waals surface area contributed by atoms with E-state index < -0.39 is 30.1 Å². The molecule has 1 aliphatic carbocycles. The molecule has 298 valence electrons. The molecule has 6 aromatic rings. The summed E-state index contributed by atoms with van der Waals surface area (Å²) in [5, 5.41) is 8.41. The molecule has 7 rings (SSSR count). The third-order valence-electron chi connectivity index (χ3n) is 8.33. The normalized spacial score (nSPS) is 11.6. The van der Waals surface area contributed by atoms with Crippen molar-refractivity contribution in [3.05, 3.63) is 174 Å². The number of rotatable bonds is 12. The first-order valence-corrected chi connectivity index (χ1v) is 18.3. The van der Waals surface area contributed by atoms with E-state index in [0.29, 0.717) is 29.2 Å². The molecule has 15 nitrogen and oxygen atoms in total. The van der Waals surface area contributed by atoms with Crippen LogP contribution in [0.3, 0.4) is 0 Å². The van der Waals surface area contributed by atoms with Gasteiger partial charge >= 0.3 is 18.3 Å². The van der Waals surface area contributed by atoms with Crippen LogP contribution in [0.15, 0.2) is 163 Å². The second-order valence-electron chi connectivity index (χ2n) is 12.7. The van der Waals surface area contributed by atoms with E-state index >= 15 is 0 Å². The molecule has 0 saturated heterocycles. The summed E-state index contributed by atoms with van der Waals surface area (Å²) in [6.07, 6.45) is 4.93. The zero-order valence-corrected chi connectivity index (χ0v) is 31.4. The number of carbonyl (C=O) groups excluding carboxylic acids is 5. The Morgan fingerprint density at radius 1 is 0.500 bits per heavy atom. The number of ether oxygens (including phenoxy) is 5. The lowest BCUT2D eigenvalue weighted by atomic mass is 10.1. The van der Waals surface area contributed by atoms with Crippen LogP contribution in [0.2, 0.25) is 0 Å². The lowest BCUT2D eigenvalue weighted by Gasteiger charge is -2.13. The maximum atomic E-state index is 13.4. The van der Waals surface area contributed by atoms with E-state index in [2.05, 4.69) is 25.9 Å². The third kappa shape index (κ3) is 11.3. The molecule has 0 unspecified atom stereocenters. The first-order valence-electron chi connectivity index (χ1n) is 18.3. The first kappa shape index (κ1) is 39.6. The number of hydrogen-bond donors (Lipinski definition) is 3. The molecule has 2 amide bonds. The van der Waals surface area contributed by atoms with Gasteiger partial charge in [0, 0.05) is 28.5 Å². The van der Waals surface area contributed by atoms with Crippen molar-refractivity contribution < 1.29 is 47.7 Å². The highest BCUT2D eigenvalue weighted by molar-refractivity contribution is 6.05. The molecule has 0 atom stereocenters. The van der Waals surface area contributed by atoms with Crippen LogP contribution < -0.4 is 39.6 Å². The van der Waals surface area contributed by atoms with E-state index in [9.17, 15) is 24.0 Å². The lowest BCUT2D eigenvalue weighted by molar-refractivity contribution is -0.130. The Labute approximate surface area is 342 Å². The highest BCUT2D eigenvalue weighted by Gasteiger charge is 2.17. The molecule has 0 fully saturated rings. The largest absolute Gasteiger partial charge is 0.519 e. The minimum atomic E-state index is -0.952. The van der Waals surface area contributed by atoms with E-state index in [1.165, 1.54) is 66.7 Å². The van der Waals surface area contributed by atoms with Gasteiger partial charge in [-0.2, -0.15) is 9.97 Å². The summed E-state index contributed by atoms with van der Waals surface area (Å²) < 4.78 is 26.3. The van der Waals surface area contributed by atoms with Gasteiger partial charge in [-0.3, -0.25) is 14.9 Å². The number of benzene rings is 5. The molecule has 0 bridgehead atoms. The van der Waals surface area contributed by atoms with Crippen molar-refractivity contribution in [2.45, 2.75) is 12.8 Å². The predicted molar refractivity (Wildman–Crippen MR) is 219 cm³/mol. The molecule has 1 aliphatic rings. The van der Waals surface area contributed by atoms with Gasteiger partial charge in [-0.25, -0.2) is 14.4 Å². The Bertz CT molecular complexity index is 2560. The number of anilines is 4. The van der Waals surface area contributed by atoms with Crippen LogP contribution in [0.4, 0.5) is 32.9 Å². The number of carbonyl (C=O) groups is 5. The number of hydrogen-bond acceptors (Lipinski definition) is 13. The van der Waals surface area contributed by atoms with Crippen LogP contribution in [0.1, 0.15) is 33.6 Å². The smallest absolute Gasteiger partial charge is 0.423 e. The number of amides is 2. The second-order valence-corrected chi connectivity index (χ2v) is 12.7.